The molecule has 1 aliphatic heterocycles. The molecule has 0 saturated heterocycles. The molecular weight excluding hydrogens is 266 g/mol. The molecule has 0 saturated carbocycles. The first-order valence-electron chi connectivity index (χ1n) is 8.00. The lowest BCUT2D eigenvalue weighted by atomic mass is 9.89. The molecule has 2 aromatic rings. The second-order valence-electron chi connectivity index (χ2n) is 6.16. The van der Waals surface area contributed by atoms with Crippen LogP contribution in [0.2, 0.25) is 0 Å². The molecular formula is C21H23N. The summed E-state index contributed by atoms with van der Waals surface area (Å²) in [5.74, 6) is 0.647. The zero-order valence-electron chi connectivity index (χ0n) is 13.3. The minimum absolute atomic E-state index is 0.647. The van der Waals surface area contributed by atoms with Crippen LogP contribution in [0.3, 0.4) is 0 Å². The Kier molecular flexibility index (Phi) is 4.43. The van der Waals surface area contributed by atoms with Crippen molar-refractivity contribution in [2.45, 2.75) is 20.3 Å². The molecule has 3 rings (SSSR count). The number of aryl methyl sites for hydroxylation is 1. The largest absolute Gasteiger partial charge is 0.390 e. The summed E-state index contributed by atoms with van der Waals surface area (Å²) >= 11 is 0. The lowest BCUT2D eigenvalue weighted by Gasteiger charge is -2.19. The minimum atomic E-state index is 0.647. The lowest BCUT2D eigenvalue weighted by Crippen LogP contribution is -2.17. The fourth-order valence-electron chi connectivity index (χ4n) is 2.82. The van der Waals surface area contributed by atoms with E-state index in [0.717, 1.165) is 13.0 Å². The second-order valence-corrected chi connectivity index (χ2v) is 6.16. The zero-order chi connectivity index (χ0) is 15.4. The maximum atomic E-state index is 3.49. The van der Waals surface area contributed by atoms with Crippen LogP contribution in [0.25, 0.3) is 11.1 Å². The van der Waals surface area contributed by atoms with Gasteiger partial charge in [-0.05, 0) is 36.0 Å². The van der Waals surface area contributed by atoms with Crippen molar-refractivity contribution in [2.75, 3.05) is 6.54 Å². The topological polar surface area (TPSA) is 12.0 Å². The van der Waals surface area contributed by atoms with Gasteiger partial charge in [0.15, 0.2) is 0 Å². The second kappa shape index (κ2) is 6.65. The zero-order valence-corrected chi connectivity index (χ0v) is 13.3. The Labute approximate surface area is 133 Å². The van der Waals surface area contributed by atoms with Gasteiger partial charge in [0.25, 0.3) is 0 Å². The van der Waals surface area contributed by atoms with Crippen molar-refractivity contribution in [1.82, 2.24) is 5.32 Å². The fourth-order valence-corrected chi connectivity index (χ4v) is 2.82. The predicted molar refractivity (Wildman–Crippen MR) is 95.4 cm³/mol. The molecule has 112 valence electrons. The number of allylic oxidation sites excluding steroid dienone is 3. The summed E-state index contributed by atoms with van der Waals surface area (Å²) in [5.41, 5.74) is 6.45. The van der Waals surface area contributed by atoms with Crippen molar-refractivity contribution < 1.29 is 0 Å². The van der Waals surface area contributed by atoms with Gasteiger partial charge in [0, 0.05) is 18.3 Å². The summed E-state index contributed by atoms with van der Waals surface area (Å²) in [6.07, 6.45) is 5.67. The van der Waals surface area contributed by atoms with Gasteiger partial charge in [-0.2, -0.15) is 0 Å². The van der Waals surface area contributed by atoms with Crippen LogP contribution in [0.1, 0.15) is 30.0 Å². The van der Waals surface area contributed by atoms with E-state index in [-0.39, 0.29) is 0 Å². The number of benzene rings is 2. The highest BCUT2D eigenvalue weighted by molar-refractivity contribution is 6.04. The van der Waals surface area contributed by atoms with Crippen LogP contribution < -0.4 is 5.32 Å². The molecule has 0 bridgehead atoms. The monoisotopic (exact) mass is 289 g/mol. The van der Waals surface area contributed by atoms with Crippen LogP contribution in [-0.4, -0.2) is 6.54 Å². The average Bonchev–Trinajstić information content (AvgIpc) is 2.53. The quantitative estimate of drug-likeness (QED) is 0.816. The molecule has 1 nitrogen and oxygen atoms in total. The van der Waals surface area contributed by atoms with E-state index in [4.69, 9.17) is 0 Å². The van der Waals surface area contributed by atoms with Crippen molar-refractivity contribution in [3.8, 4) is 0 Å². The Balaban J connectivity index is 2.07. The number of hydrogen-bond acceptors (Lipinski definition) is 1. The molecule has 0 aliphatic carbocycles. The SMILES string of the molecule is Cc1ccc(C2=C/CC(C)CN/C=C\2c2ccccc2)cc1. The molecule has 22 heavy (non-hydrogen) atoms. The van der Waals surface area contributed by atoms with Gasteiger partial charge in [-0.1, -0.05) is 73.2 Å². The van der Waals surface area contributed by atoms with Gasteiger partial charge in [0.1, 0.15) is 0 Å². The first kappa shape index (κ1) is 14.6. The lowest BCUT2D eigenvalue weighted by molar-refractivity contribution is 0.563. The van der Waals surface area contributed by atoms with Crippen molar-refractivity contribution in [2.24, 2.45) is 5.92 Å². The van der Waals surface area contributed by atoms with E-state index in [1.165, 1.54) is 27.8 Å². The van der Waals surface area contributed by atoms with Gasteiger partial charge < -0.3 is 5.32 Å². The van der Waals surface area contributed by atoms with Crippen LogP contribution in [0.5, 0.6) is 0 Å². The van der Waals surface area contributed by atoms with Gasteiger partial charge in [-0.25, -0.2) is 0 Å². The maximum absolute atomic E-state index is 3.49. The summed E-state index contributed by atoms with van der Waals surface area (Å²) in [4.78, 5) is 0. The van der Waals surface area contributed by atoms with E-state index < -0.39 is 0 Å². The summed E-state index contributed by atoms with van der Waals surface area (Å²) in [7, 11) is 0. The molecule has 0 radical (unpaired) electrons. The Hall–Kier alpha value is -2.28. The van der Waals surface area contributed by atoms with E-state index in [2.05, 4.69) is 86.0 Å². The Morgan fingerprint density at radius 3 is 2.27 bits per heavy atom. The van der Waals surface area contributed by atoms with Crippen molar-refractivity contribution >= 4 is 11.1 Å². The van der Waals surface area contributed by atoms with E-state index in [1.807, 2.05) is 0 Å². The standard InChI is InChI=1S/C21H23N/c1-16-8-11-19(12-9-16)20-13-10-17(2)14-22-15-21(20)18-6-4-3-5-7-18/h3-9,11-13,15,17,22H,10,14H2,1-2H3/b20-13-,21-15-. The molecule has 0 aromatic heterocycles. The summed E-state index contributed by atoms with van der Waals surface area (Å²) in [6, 6.07) is 19.5. The summed E-state index contributed by atoms with van der Waals surface area (Å²) in [6.45, 7) is 5.44. The van der Waals surface area contributed by atoms with Gasteiger partial charge in [0.05, 0.1) is 0 Å². The van der Waals surface area contributed by atoms with E-state index in [0.29, 0.717) is 5.92 Å². The molecule has 1 heterocycles. The van der Waals surface area contributed by atoms with Crippen LogP contribution in [0.4, 0.5) is 0 Å². The number of hydrogen-bond donors (Lipinski definition) is 1. The van der Waals surface area contributed by atoms with Crippen LogP contribution >= 0.6 is 0 Å². The molecule has 1 unspecified atom stereocenters. The number of rotatable bonds is 2. The molecule has 0 amide bonds. The molecule has 2 aromatic carbocycles. The van der Waals surface area contributed by atoms with Gasteiger partial charge in [-0.15, -0.1) is 0 Å². The molecule has 0 fully saturated rings. The van der Waals surface area contributed by atoms with E-state index >= 15 is 0 Å². The third kappa shape index (κ3) is 3.30. The van der Waals surface area contributed by atoms with Crippen LogP contribution in [-0.2, 0) is 0 Å². The normalized spacial score (nSPS) is 23.3. The fraction of sp³-hybridized carbons (Fsp3) is 0.238. The highest BCUT2D eigenvalue weighted by Crippen LogP contribution is 2.32. The van der Waals surface area contributed by atoms with Crippen molar-refractivity contribution in [3.05, 3.63) is 83.6 Å². The smallest absolute Gasteiger partial charge is 0.0170 e. The predicted octanol–water partition coefficient (Wildman–Crippen LogP) is 5.05. The van der Waals surface area contributed by atoms with Crippen LogP contribution in [0, 0.1) is 12.8 Å². The Morgan fingerprint density at radius 1 is 0.864 bits per heavy atom. The molecule has 1 N–H and O–H groups in total. The van der Waals surface area contributed by atoms with Gasteiger partial charge in [-0.3, -0.25) is 0 Å². The Morgan fingerprint density at radius 2 is 1.55 bits per heavy atom. The molecule has 1 atom stereocenters. The third-order valence-corrected chi connectivity index (χ3v) is 4.17. The summed E-state index contributed by atoms with van der Waals surface area (Å²) < 4.78 is 0. The minimum Gasteiger partial charge on any atom is -0.390 e. The Bertz CT molecular complexity index is 678. The molecule has 1 aliphatic rings. The van der Waals surface area contributed by atoms with Crippen molar-refractivity contribution in [1.29, 1.82) is 0 Å². The molecule has 0 spiro atoms. The van der Waals surface area contributed by atoms with Crippen molar-refractivity contribution in [3.63, 3.8) is 0 Å². The van der Waals surface area contributed by atoms with Gasteiger partial charge in [0.2, 0.25) is 0 Å². The van der Waals surface area contributed by atoms with Gasteiger partial charge >= 0.3 is 0 Å². The van der Waals surface area contributed by atoms with Crippen LogP contribution in [0.15, 0.2) is 66.9 Å². The maximum Gasteiger partial charge on any atom is 0.0170 e. The highest BCUT2D eigenvalue weighted by atomic mass is 14.8. The first-order chi connectivity index (χ1) is 10.7. The average molecular weight is 289 g/mol. The third-order valence-electron chi connectivity index (χ3n) is 4.17. The molecule has 1 heteroatoms. The van der Waals surface area contributed by atoms with E-state index in [1.54, 1.807) is 0 Å². The first-order valence-corrected chi connectivity index (χ1v) is 8.00. The number of nitrogens with one attached hydrogen (secondary N) is 1. The van der Waals surface area contributed by atoms with E-state index in [9.17, 15) is 0 Å². The summed E-state index contributed by atoms with van der Waals surface area (Å²) in [5, 5.41) is 3.49. The highest BCUT2D eigenvalue weighted by Gasteiger charge is 2.13.